The van der Waals surface area contributed by atoms with Crippen molar-refractivity contribution in [3.63, 3.8) is 0 Å². The zero-order chi connectivity index (χ0) is 8.97. The predicted molar refractivity (Wildman–Crippen MR) is 50.8 cm³/mol. The number of para-hydroxylation sites is 1. The second kappa shape index (κ2) is 3.90. The highest BCUT2D eigenvalue weighted by atomic mass is 16.3. The SMILES string of the molecule is CC(C)N=Cc1ccccc1O. The third-order valence-electron chi connectivity index (χ3n) is 1.45. The number of benzene rings is 1. The Hall–Kier alpha value is -1.31. The summed E-state index contributed by atoms with van der Waals surface area (Å²) in [6.45, 7) is 3.99. The van der Waals surface area contributed by atoms with Gasteiger partial charge in [0, 0.05) is 17.8 Å². The average Bonchev–Trinajstić information content (AvgIpc) is 2.03. The van der Waals surface area contributed by atoms with Gasteiger partial charge in [0.25, 0.3) is 0 Å². The second-order valence-corrected chi connectivity index (χ2v) is 2.93. The molecule has 0 fully saturated rings. The molecule has 1 aromatic rings. The number of phenols is 1. The van der Waals surface area contributed by atoms with Crippen LogP contribution in [0.3, 0.4) is 0 Å². The molecule has 1 rings (SSSR count). The minimum absolute atomic E-state index is 0.268. The Labute approximate surface area is 72.6 Å². The highest BCUT2D eigenvalue weighted by molar-refractivity contribution is 5.83. The van der Waals surface area contributed by atoms with Crippen molar-refractivity contribution in [1.29, 1.82) is 0 Å². The average molecular weight is 163 g/mol. The number of aliphatic imine (C=N–C) groups is 1. The van der Waals surface area contributed by atoms with E-state index in [1.165, 1.54) is 0 Å². The van der Waals surface area contributed by atoms with Crippen LogP contribution in [-0.4, -0.2) is 17.4 Å². The van der Waals surface area contributed by atoms with Gasteiger partial charge >= 0.3 is 0 Å². The van der Waals surface area contributed by atoms with Crippen LogP contribution in [0.25, 0.3) is 0 Å². The first-order chi connectivity index (χ1) is 5.70. The number of phenolic OH excluding ortho intramolecular Hbond substituents is 1. The molecule has 64 valence electrons. The van der Waals surface area contributed by atoms with E-state index in [1.807, 2.05) is 26.0 Å². The lowest BCUT2D eigenvalue weighted by molar-refractivity contribution is 0.474. The van der Waals surface area contributed by atoms with Crippen LogP contribution in [-0.2, 0) is 0 Å². The lowest BCUT2D eigenvalue weighted by Gasteiger charge is -1.98. The fourth-order valence-corrected chi connectivity index (χ4v) is 0.826. The quantitative estimate of drug-likeness (QED) is 0.666. The first-order valence-corrected chi connectivity index (χ1v) is 4.01. The number of hydrogen-bond donors (Lipinski definition) is 1. The lowest BCUT2D eigenvalue weighted by atomic mass is 10.2. The van der Waals surface area contributed by atoms with Crippen molar-refractivity contribution in [3.8, 4) is 5.75 Å². The van der Waals surface area contributed by atoms with Gasteiger partial charge in [-0.1, -0.05) is 12.1 Å². The van der Waals surface area contributed by atoms with Gasteiger partial charge in [0.2, 0.25) is 0 Å². The molecule has 0 spiro atoms. The van der Waals surface area contributed by atoms with Crippen LogP contribution in [0.4, 0.5) is 0 Å². The molecule has 0 aliphatic rings. The highest BCUT2D eigenvalue weighted by Crippen LogP contribution is 2.12. The van der Waals surface area contributed by atoms with Crippen molar-refractivity contribution in [2.45, 2.75) is 19.9 Å². The number of hydrogen-bond acceptors (Lipinski definition) is 2. The van der Waals surface area contributed by atoms with E-state index in [9.17, 15) is 5.11 Å². The largest absolute Gasteiger partial charge is 0.507 e. The molecule has 0 atom stereocenters. The minimum atomic E-state index is 0.268. The summed E-state index contributed by atoms with van der Waals surface area (Å²) in [5, 5.41) is 9.33. The molecular weight excluding hydrogens is 150 g/mol. The van der Waals surface area contributed by atoms with E-state index >= 15 is 0 Å². The van der Waals surface area contributed by atoms with Crippen molar-refractivity contribution < 1.29 is 5.11 Å². The van der Waals surface area contributed by atoms with Crippen molar-refractivity contribution in [3.05, 3.63) is 29.8 Å². The van der Waals surface area contributed by atoms with E-state index in [0.717, 1.165) is 5.56 Å². The summed E-state index contributed by atoms with van der Waals surface area (Å²) in [7, 11) is 0. The molecule has 12 heavy (non-hydrogen) atoms. The standard InChI is InChI=1S/C10H13NO/c1-8(2)11-7-9-5-3-4-6-10(9)12/h3-8,12H,1-2H3. The molecule has 0 saturated heterocycles. The highest BCUT2D eigenvalue weighted by Gasteiger charge is 1.94. The number of aromatic hydroxyl groups is 1. The van der Waals surface area contributed by atoms with Gasteiger partial charge < -0.3 is 5.11 Å². The van der Waals surface area contributed by atoms with E-state index in [0.29, 0.717) is 0 Å². The Morgan fingerprint density at radius 1 is 1.33 bits per heavy atom. The van der Waals surface area contributed by atoms with Gasteiger partial charge in [0.1, 0.15) is 5.75 Å². The van der Waals surface area contributed by atoms with Crippen LogP contribution in [0.1, 0.15) is 19.4 Å². The summed E-state index contributed by atoms with van der Waals surface area (Å²) in [5.41, 5.74) is 0.770. The van der Waals surface area contributed by atoms with Gasteiger partial charge in [0.05, 0.1) is 0 Å². The van der Waals surface area contributed by atoms with E-state index in [1.54, 1.807) is 18.3 Å². The number of nitrogens with zero attached hydrogens (tertiary/aromatic N) is 1. The maximum absolute atomic E-state index is 9.33. The van der Waals surface area contributed by atoms with Gasteiger partial charge in [-0.2, -0.15) is 0 Å². The molecule has 0 heterocycles. The Kier molecular flexibility index (Phi) is 2.86. The third-order valence-corrected chi connectivity index (χ3v) is 1.45. The monoisotopic (exact) mass is 163 g/mol. The van der Waals surface area contributed by atoms with Crippen LogP contribution in [0, 0.1) is 0 Å². The van der Waals surface area contributed by atoms with E-state index in [2.05, 4.69) is 4.99 Å². The summed E-state index contributed by atoms with van der Waals surface area (Å²) < 4.78 is 0. The molecular formula is C10H13NO. The topological polar surface area (TPSA) is 32.6 Å². The molecule has 0 radical (unpaired) electrons. The van der Waals surface area contributed by atoms with Crippen molar-refractivity contribution in [2.75, 3.05) is 0 Å². The van der Waals surface area contributed by atoms with Crippen LogP contribution in [0.5, 0.6) is 5.75 Å². The fourth-order valence-electron chi connectivity index (χ4n) is 0.826. The summed E-state index contributed by atoms with van der Waals surface area (Å²) in [6, 6.07) is 7.43. The Bertz CT molecular complexity index is 279. The van der Waals surface area contributed by atoms with E-state index in [-0.39, 0.29) is 11.8 Å². The fraction of sp³-hybridized carbons (Fsp3) is 0.300. The van der Waals surface area contributed by atoms with Crippen LogP contribution < -0.4 is 0 Å². The molecule has 0 aromatic heterocycles. The van der Waals surface area contributed by atoms with Crippen LogP contribution in [0.2, 0.25) is 0 Å². The Morgan fingerprint density at radius 2 is 2.00 bits per heavy atom. The van der Waals surface area contributed by atoms with Gasteiger partial charge in [-0.05, 0) is 26.0 Å². The molecule has 0 unspecified atom stereocenters. The Morgan fingerprint density at radius 3 is 2.58 bits per heavy atom. The summed E-state index contributed by atoms with van der Waals surface area (Å²) in [6.07, 6.45) is 1.69. The zero-order valence-electron chi connectivity index (χ0n) is 7.36. The van der Waals surface area contributed by atoms with Crippen molar-refractivity contribution >= 4 is 6.21 Å². The Balaban J connectivity index is 2.82. The molecule has 1 N–H and O–H groups in total. The second-order valence-electron chi connectivity index (χ2n) is 2.93. The van der Waals surface area contributed by atoms with Crippen molar-refractivity contribution in [2.24, 2.45) is 4.99 Å². The minimum Gasteiger partial charge on any atom is -0.507 e. The number of rotatable bonds is 2. The maximum atomic E-state index is 9.33. The molecule has 2 heteroatoms. The third kappa shape index (κ3) is 2.38. The maximum Gasteiger partial charge on any atom is 0.124 e. The van der Waals surface area contributed by atoms with Gasteiger partial charge in [-0.25, -0.2) is 0 Å². The smallest absolute Gasteiger partial charge is 0.124 e. The summed E-state index contributed by atoms with van der Waals surface area (Å²) in [5.74, 6) is 0.280. The van der Waals surface area contributed by atoms with Gasteiger partial charge in [0.15, 0.2) is 0 Å². The first kappa shape index (κ1) is 8.78. The molecule has 0 saturated carbocycles. The zero-order valence-corrected chi connectivity index (χ0v) is 7.36. The van der Waals surface area contributed by atoms with Crippen molar-refractivity contribution in [1.82, 2.24) is 0 Å². The molecule has 0 amide bonds. The van der Waals surface area contributed by atoms with Gasteiger partial charge in [-0.15, -0.1) is 0 Å². The normalized spacial score (nSPS) is 11.2. The molecule has 1 aromatic carbocycles. The molecule has 0 bridgehead atoms. The lowest BCUT2D eigenvalue weighted by Crippen LogP contribution is -1.90. The predicted octanol–water partition coefficient (Wildman–Crippen LogP) is 2.22. The van der Waals surface area contributed by atoms with Crippen LogP contribution in [0.15, 0.2) is 29.3 Å². The molecule has 2 nitrogen and oxygen atoms in total. The summed E-state index contributed by atoms with van der Waals surface area (Å²) in [4.78, 5) is 4.17. The molecule has 0 aliphatic carbocycles. The molecule has 0 aliphatic heterocycles. The van der Waals surface area contributed by atoms with E-state index < -0.39 is 0 Å². The van der Waals surface area contributed by atoms with Gasteiger partial charge in [-0.3, -0.25) is 4.99 Å². The summed E-state index contributed by atoms with van der Waals surface area (Å²) >= 11 is 0. The first-order valence-electron chi connectivity index (χ1n) is 4.01. The van der Waals surface area contributed by atoms with E-state index in [4.69, 9.17) is 0 Å². The van der Waals surface area contributed by atoms with Crippen LogP contribution >= 0.6 is 0 Å².